The predicted molar refractivity (Wildman–Crippen MR) is 108 cm³/mol. The van der Waals surface area contributed by atoms with E-state index < -0.39 is 29.7 Å². The van der Waals surface area contributed by atoms with Gasteiger partial charge in [-0.1, -0.05) is 18.2 Å². The molecule has 3 unspecified atom stereocenters. The minimum Gasteiger partial charge on any atom is -0.464 e. The number of rotatable bonds is 6. The number of ether oxygens (including phenoxy) is 2. The number of fused-ring (bicyclic) bond motifs is 1. The Labute approximate surface area is 179 Å². The van der Waals surface area contributed by atoms with Crippen molar-refractivity contribution in [2.24, 2.45) is 5.92 Å². The average Bonchev–Trinajstić information content (AvgIpc) is 3.06. The van der Waals surface area contributed by atoms with Gasteiger partial charge in [-0.05, 0) is 25.0 Å². The third-order valence-corrected chi connectivity index (χ3v) is 6.14. The van der Waals surface area contributed by atoms with E-state index in [-0.39, 0.29) is 37.2 Å². The van der Waals surface area contributed by atoms with Crippen LogP contribution in [0.2, 0.25) is 0 Å². The van der Waals surface area contributed by atoms with E-state index in [2.05, 4.69) is 17.2 Å². The molecule has 2 N–H and O–H groups in total. The van der Waals surface area contributed by atoms with E-state index >= 15 is 0 Å². The van der Waals surface area contributed by atoms with Gasteiger partial charge in [0.1, 0.15) is 17.5 Å². The molecule has 166 valence electrons. The number of halogens is 1. The van der Waals surface area contributed by atoms with Crippen molar-refractivity contribution in [3.63, 3.8) is 0 Å². The first-order valence-electron chi connectivity index (χ1n) is 10.4. The van der Waals surface area contributed by atoms with Crippen LogP contribution in [0.4, 0.5) is 9.18 Å². The van der Waals surface area contributed by atoms with Crippen molar-refractivity contribution in [2.45, 2.75) is 50.5 Å². The molecule has 2 aliphatic heterocycles. The molecule has 0 bridgehead atoms. The van der Waals surface area contributed by atoms with Crippen LogP contribution in [0.3, 0.4) is 0 Å². The summed E-state index contributed by atoms with van der Waals surface area (Å²) in [7, 11) is 0. The molecule has 31 heavy (non-hydrogen) atoms. The van der Waals surface area contributed by atoms with Gasteiger partial charge in [-0.15, -0.1) is 6.58 Å². The molecule has 4 atom stereocenters. The van der Waals surface area contributed by atoms with Crippen molar-refractivity contribution in [2.75, 3.05) is 13.2 Å². The first kappa shape index (κ1) is 21.3. The standard InChI is InChI=1S/C22H26FN3O5/c1-3-14-9-22(14,20(28)30-4-2)25-19(27)18-8-15(10-24-18)31-21(29)26-11-13-6-5-7-17(23)16(13)12-26/h3,5-7,14-15,18,24H,1,4,8-12H2,2H3,(H,25,27)/t14?,15?,18?,22-/m1/s1. The minimum atomic E-state index is -1.06. The van der Waals surface area contributed by atoms with Crippen molar-refractivity contribution < 1.29 is 28.2 Å². The zero-order valence-electron chi connectivity index (χ0n) is 17.4. The number of amides is 2. The molecule has 2 amide bonds. The Morgan fingerprint density at radius 3 is 2.87 bits per heavy atom. The molecule has 1 aromatic carbocycles. The summed E-state index contributed by atoms with van der Waals surface area (Å²) in [5.74, 6) is -1.30. The van der Waals surface area contributed by atoms with Crippen molar-refractivity contribution in [1.82, 2.24) is 15.5 Å². The fourth-order valence-electron chi connectivity index (χ4n) is 4.29. The van der Waals surface area contributed by atoms with Gasteiger partial charge in [0.25, 0.3) is 0 Å². The summed E-state index contributed by atoms with van der Waals surface area (Å²) in [4.78, 5) is 39.0. The molecule has 2 fully saturated rings. The van der Waals surface area contributed by atoms with E-state index in [0.717, 1.165) is 5.56 Å². The number of hydrogen-bond acceptors (Lipinski definition) is 6. The molecule has 1 saturated carbocycles. The first-order chi connectivity index (χ1) is 14.9. The van der Waals surface area contributed by atoms with Crippen LogP contribution in [-0.4, -0.2) is 53.7 Å². The highest BCUT2D eigenvalue weighted by molar-refractivity contribution is 5.93. The van der Waals surface area contributed by atoms with E-state index in [1.807, 2.05) is 0 Å². The van der Waals surface area contributed by atoms with Gasteiger partial charge in [0, 0.05) is 31.0 Å². The molecule has 4 rings (SSSR count). The zero-order chi connectivity index (χ0) is 22.2. The Balaban J connectivity index is 1.30. The van der Waals surface area contributed by atoms with Gasteiger partial charge in [0.05, 0.1) is 19.2 Å². The highest BCUT2D eigenvalue weighted by atomic mass is 19.1. The zero-order valence-corrected chi connectivity index (χ0v) is 17.4. The molecule has 0 spiro atoms. The van der Waals surface area contributed by atoms with E-state index in [4.69, 9.17) is 9.47 Å². The number of nitrogens with zero attached hydrogens (tertiary/aromatic N) is 1. The van der Waals surface area contributed by atoms with Gasteiger partial charge in [-0.25, -0.2) is 14.0 Å². The second-order valence-electron chi connectivity index (χ2n) is 8.16. The molecular weight excluding hydrogens is 405 g/mol. The fourth-order valence-corrected chi connectivity index (χ4v) is 4.29. The van der Waals surface area contributed by atoms with Gasteiger partial charge >= 0.3 is 12.1 Å². The molecule has 1 aromatic rings. The summed E-state index contributed by atoms with van der Waals surface area (Å²) < 4.78 is 24.5. The quantitative estimate of drug-likeness (QED) is 0.525. The number of esters is 1. The molecule has 0 radical (unpaired) electrons. The van der Waals surface area contributed by atoms with Crippen molar-refractivity contribution in [3.8, 4) is 0 Å². The Morgan fingerprint density at radius 2 is 2.19 bits per heavy atom. The maximum absolute atomic E-state index is 13.9. The monoisotopic (exact) mass is 431 g/mol. The van der Waals surface area contributed by atoms with Crippen LogP contribution in [0, 0.1) is 11.7 Å². The third kappa shape index (κ3) is 4.01. The number of carbonyl (C=O) groups excluding carboxylic acids is 3. The molecule has 3 aliphatic rings. The predicted octanol–water partition coefficient (Wildman–Crippen LogP) is 1.63. The SMILES string of the molecule is C=CC1C[C@]1(NC(=O)C1CC(OC(=O)N2Cc3cccc(F)c3C2)CN1)C(=O)OCC. The van der Waals surface area contributed by atoms with Crippen molar-refractivity contribution >= 4 is 18.0 Å². The summed E-state index contributed by atoms with van der Waals surface area (Å²) in [6.07, 6.45) is 1.34. The number of benzene rings is 1. The van der Waals surface area contributed by atoms with Gasteiger partial charge in [0.15, 0.2) is 0 Å². The lowest BCUT2D eigenvalue weighted by atomic mass is 10.1. The fraction of sp³-hybridized carbons (Fsp3) is 0.500. The molecule has 8 nitrogen and oxygen atoms in total. The molecule has 0 aromatic heterocycles. The second-order valence-corrected chi connectivity index (χ2v) is 8.16. The lowest BCUT2D eigenvalue weighted by Crippen LogP contribution is -2.51. The van der Waals surface area contributed by atoms with E-state index in [0.29, 0.717) is 25.1 Å². The van der Waals surface area contributed by atoms with Crippen LogP contribution < -0.4 is 10.6 Å². The lowest BCUT2D eigenvalue weighted by molar-refractivity contribution is -0.149. The summed E-state index contributed by atoms with van der Waals surface area (Å²) in [6.45, 7) is 6.42. The number of hydrogen-bond donors (Lipinski definition) is 2. The minimum absolute atomic E-state index is 0.163. The highest BCUT2D eigenvalue weighted by Gasteiger charge is 2.61. The first-order valence-corrected chi connectivity index (χ1v) is 10.4. The molecule has 2 heterocycles. The maximum Gasteiger partial charge on any atom is 0.410 e. The van der Waals surface area contributed by atoms with E-state index in [9.17, 15) is 18.8 Å². The normalized spacial score (nSPS) is 28.6. The van der Waals surface area contributed by atoms with Gasteiger partial charge in [-0.2, -0.15) is 0 Å². The molecule has 1 saturated heterocycles. The van der Waals surface area contributed by atoms with Crippen LogP contribution in [0.25, 0.3) is 0 Å². The average molecular weight is 431 g/mol. The highest BCUT2D eigenvalue weighted by Crippen LogP contribution is 2.45. The summed E-state index contributed by atoms with van der Waals surface area (Å²) in [6, 6.07) is 4.19. The summed E-state index contributed by atoms with van der Waals surface area (Å²) >= 11 is 0. The smallest absolute Gasteiger partial charge is 0.410 e. The van der Waals surface area contributed by atoms with Crippen molar-refractivity contribution in [3.05, 3.63) is 47.8 Å². The van der Waals surface area contributed by atoms with Crippen LogP contribution in [-0.2, 0) is 32.2 Å². The Kier molecular flexibility index (Phi) is 5.70. The largest absolute Gasteiger partial charge is 0.464 e. The summed E-state index contributed by atoms with van der Waals surface area (Å²) in [5.41, 5.74) is 0.215. The molecule has 9 heteroatoms. The van der Waals surface area contributed by atoms with E-state index in [1.165, 1.54) is 11.0 Å². The topological polar surface area (TPSA) is 97.0 Å². The number of nitrogens with one attached hydrogen (secondary N) is 2. The Hall–Kier alpha value is -2.94. The van der Waals surface area contributed by atoms with Crippen LogP contribution in [0.15, 0.2) is 30.9 Å². The van der Waals surface area contributed by atoms with Crippen LogP contribution in [0.1, 0.15) is 30.9 Å². The summed E-state index contributed by atoms with van der Waals surface area (Å²) in [5, 5.41) is 5.84. The molecular formula is C22H26FN3O5. The van der Waals surface area contributed by atoms with Gasteiger partial charge in [0.2, 0.25) is 5.91 Å². The number of carbonyl (C=O) groups is 3. The van der Waals surface area contributed by atoms with Crippen LogP contribution >= 0.6 is 0 Å². The lowest BCUT2D eigenvalue weighted by Gasteiger charge is -2.20. The Bertz CT molecular complexity index is 922. The molecule has 1 aliphatic carbocycles. The van der Waals surface area contributed by atoms with Crippen LogP contribution in [0.5, 0.6) is 0 Å². The third-order valence-electron chi connectivity index (χ3n) is 6.14. The van der Waals surface area contributed by atoms with Crippen molar-refractivity contribution in [1.29, 1.82) is 0 Å². The van der Waals surface area contributed by atoms with E-state index in [1.54, 1.807) is 25.1 Å². The second kappa shape index (κ2) is 8.30. The van der Waals surface area contributed by atoms with Gasteiger partial charge < -0.3 is 20.1 Å². The van der Waals surface area contributed by atoms with Gasteiger partial charge in [-0.3, -0.25) is 9.69 Å². The Morgan fingerprint density at radius 1 is 1.39 bits per heavy atom. The maximum atomic E-state index is 13.9.